The van der Waals surface area contributed by atoms with E-state index in [0.29, 0.717) is 19.1 Å². The Balaban J connectivity index is 1.45. The van der Waals surface area contributed by atoms with Crippen LogP contribution >= 0.6 is 0 Å². The van der Waals surface area contributed by atoms with Gasteiger partial charge in [0, 0.05) is 25.2 Å². The lowest BCUT2D eigenvalue weighted by atomic mass is 9.94. The van der Waals surface area contributed by atoms with Crippen LogP contribution in [0.3, 0.4) is 0 Å². The second-order valence-electron chi connectivity index (χ2n) is 9.28. The second kappa shape index (κ2) is 11.3. The van der Waals surface area contributed by atoms with Crippen LogP contribution < -0.4 is 5.32 Å². The van der Waals surface area contributed by atoms with E-state index in [-0.39, 0.29) is 23.0 Å². The highest BCUT2D eigenvalue weighted by atomic mass is 19.4. The van der Waals surface area contributed by atoms with E-state index in [1.165, 1.54) is 19.3 Å². The van der Waals surface area contributed by atoms with Crippen LogP contribution in [0, 0.1) is 5.92 Å². The van der Waals surface area contributed by atoms with Crippen molar-refractivity contribution in [1.82, 2.24) is 15.1 Å². The van der Waals surface area contributed by atoms with Gasteiger partial charge in [-0.3, -0.25) is 14.5 Å². The Hall–Kier alpha value is -2.16. The number of alkyl halides is 4. The number of benzene rings is 1. The molecule has 2 fully saturated rings. The van der Waals surface area contributed by atoms with Gasteiger partial charge in [-0.25, -0.2) is 4.39 Å². The largest absolute Gasteiger partial charge is 0.416 e. The third-order valence-electron chi connectivity index (χ3n) is 6.87. The second-order valence-corrected chi connectivity index (χ2v) is 9.28. The van der Waals surface area contributed by atoms with Gasteiger partial charge in [-0.1, -0.05) is 19.3 Å². The van der Waals surface area contributed by atoms with Gasteiger partial charge in [-0.2, -0.15) is 13.2 Å². The number of nitrogens with one attached hydrogen (secondary N) is 1. The van der Waals surface area contributed by atoms with Gasteiger partial charge in [0.05, 0.1) is 12.1 Å². The van der Waals surface area contributed by atoms with Crippen molar-refractivity contribution in [2.75, 3.05) is 33.2 Å². The van der Waals surface area contributed by atoms with Crippen molar-refractivity contribution in [3.63, 3.8) is 0 Å². The summed E-state index contributed by atoms with van der Waals surface area (Å²) >= 11 is 0. The van der Waals surface area contributed by atoms with Crippen LogP contribution in [-0.2, 0) is 17.6 Å². The third-order valence-corrected chi connectivity index (χ3v) is 6.87. The number of halogens is 4. The molecule has 1 aliphatic heterocycles. The first-order valence-electron chi connectivity index (χ1n) is 11.7. The molecule has 9 heteroatoms. The van der Waals surface area contributed by atoms with Gasteiger partial charge in [0.2, 0.25) is 5.91 Å². The Morgan fingerprint density at radius 2 is 1.73 bits per heavy atom. The number of piperidine rings is 1. The monoisotopic (exact) mass is 471 g/mol. The molecule has 184 valence electrons. The Bertz CT molecular complexity index is 816. The van der Waals surface area contributed by atoms with E-state index in [9.17, 15) is 27.2 Å². The van der Waals surface area contributed by atoms with Gasteiger partial charge >= 0.3 is 6.18 Å². The molecule has 0 spiro atoms. The molecular weight excluding hydrogens is 438 g/mol. The summed E-state index contributed by atoms with van der Waals surface area (Å²) in [4.78, 5) is 29.1. The molecule has 0 unspecified atom stereocenters. The molecule has 0 bridgehead atoms. The van der Waals surface area contributed by atoms with E-state index < -0.39 is 24.3 Å². The average Bonchev–Trinajstić information content (AvgIpc) is 2.82. The summed E-state index contributed by atoms with van der Waals surface area (Å²) in [6.45, 7) is 1.13. The average molecular weight is 472 g/mol. The van der Waals surface area contributed by atoms with E-state index >= 15 is 0 Å². The number of amides is 2. The number of hydrogen-bond acceptors (Lipinski definition) is 3. The molecule has 1 N–H and O–H groups in total. The molecule has 3 rings (SSSR count). The zero-order chi connectivity index (χ0) is 24.0. The lowest BCUT2D eigenvalue weighted by molar-refractivity contribution is -0.137. The number of likely N-dealkylation sites (N-methyl/N-ethyl adjacent to an activating group) is 1. The van der Waals surface area contributed by atoms with E-state index in [2.05, 4.69) is 10.2 Å². The minimum Gasteiger partial charge on any atom is -0.352 e. The van der Waals surface area contributed by atoms with Crippen molar-refractivity contribution in [3.05, 3.63) is 34.9 Å². The zero-order valence-electron chi connectivity index (χ0n) is 19.1. The Labute approximate surface area is 192 Å². The lowest BCUT2D eigenvalue weighted by Crippen LogP contribution is -2.46. The van der Waals surface area contributed by atoms with Gasteiger partial charge in [0.1, 0.15) is 6.67 Å². The quantitative estimate of drug-likeness (QED) is 0.600. The van der Waals surface area contributed by atoms with Crippen LogP contribution in [0.5, 0.6) is 0 Å². The Morgan fingerprint density at radius 1 is 1.06 bits per heavy atom. The fourth-order valence-corrected chi connectivity index (χ4v) is 4.73. The van der Waals surface area contributed by atoms with Crippen LogP contribution in [-0.4, -0.2) is 60.9 Å². The van der Waals surface area contributed by atoms with E-state index in [1.54, 1.807) is 0 Å². The van der Waals surface area contributed by atoms with Gasteiger partial charge < -0.3 is 10.2 Å². The molecule has 0 radical (unpaired) electrons. The molecule has 33 heavy (non-hydrogen) atoms. The summed E-state index contributed by atoms with van der Waals surface area (Å²) in [5.74, 6) is -0.313. The van der Waals surface area contributed by atoms with Crippen molar-refractivity contribution in [2.45, 2.75) is 63.8 Å². The van der Waals surface area contributed by atoms with Crippen LogP contribution in [0.4, 0.5) is 17.6 Å². The molecule has 1 aliphatic carbocycles. The highest BCUT2D eigenvalue weighted by Gasteiger charge is 2.32. The van der Waals surface area contributed by atoms with Gasteiger partial charge in [-0.15, -0.1) is 0 Å². The fraction of sp³-hybridized carbons (Fsp3) is 0.667. The minimum atomic E-state index is -4.64. The molecule has 1 aromatic rings. The summed E-state index contributed by atoms with van der Waals surface area (Å²) in [6.07, 6.45) is 2.68. The lowest BCUT2D eigenvalue weighted by Gasteiger charge is -2.35. The molecule has 1 saturated heterocycles. The highest BCUT2D eigenvalue weighted by Crippen LogP contribution is 2.31. The molecular formula is C24H33F4N3O2. The summed E-state index contributed by atoms with van der Waals surface area (Å²) in [5.41, 5.74) is -1.39. The first-order valence-corrected chi connectivity index (χ1v) is 11.7. The Morgan fingerprint density at radius 3 is 2.33 bits per heavy atom. The van der Waals surface area contributed by atoms with E-state index in [4.69, 9.17) is 0 Å². The van der Waals surface area contributed by atoms with Crippen LogP contribution in [0.25, 0.3) is 0 Å². The predicted octanol–water partition coefficient (Wildman–Crippen LogP) is 4.41. The summed E-state index contributed by atoms with van der Waals surface area (Å²) in [7, 11) is 1.89. The van der Waals surface area contributed by atoms with Crippen molar-refractivity contribution < 1.29 is 27.2 Å². The highest BCUT2D eigenvalue weighted by molar-refractivity contribution is 5.94. The number of carbonyl (C=O) groups excluding carboxylic acids is 2. The van der Waals surface area contributed by atoms with Crippen molar-refractivity contribution >= 4 is 11.8 Å². The number of hydrogen-bond donors (Lipinski definition) is 1. The summed E-state index contributed by atoms with van der Waals surface area (Å²) < 4.78 is 52.0. The first kappa shape index (κ1) is 25.5. The van der Waals surface area contributed by atoms with Crippen molar-refractivity contribution in [3.8, 4) is 0 Å². The normalized spacial score (nSPS) is 18.8. The SMILES string of the molecule is CN(C(=O)CN1CCC(CNC(=O)c2cc(CF)cc(C(F)(F)F)c2)CC1)C1CCCCC1. The van der Waals surface area contributed by atoms with Crippen molar-refractivity contribution in [1.29, 1.82) is 0 Å². The smallest absolute Gasteiger partial charge is 0.352 e. The molecule has 2 aliphatic rings. The molecule has 1 heterocycles. The van der Waals surface area contributed by atoms with Crippen LogP contribution in [0.1, 0.15) is 66.4 Å². The van der Waals surface area contributed by atoms with Crippen LogP contribution in [0.15, 0.2) is 18.2 Å². The maximum absolute atomic E-state index is 13.0. The Kier molecular flexibility index (Phi) is 8.73. The summed E-state index contributed by atoms with van der Waals surface area (Å²) in [6, 6.07) is 2.97. The topological polar surface area (TPSA) is 52.7 Å². The number of likely N-dealkylation sites (tertiary alicyclic amines) is 1. The summed E-state index contributed by atoms with van der Waals surface area (Å²) in [5, 5.41) is 2.69. The van der Waals surface area contributed by atoms with Crippen LogP contribution in [0.2, 0.25) is 0 Å². The standard InChI is InChI=1S/C24H33F4N3O2/c1-30(21-5-3-2-4-6-21)22(32)16-31-9-7-17(8-10-31)15-29-23(33)19-11-18(14-25)12-20(13-19)24(26,27)28/h11-13,17,21H,2-10,14-16H2,1H3,(H,29,33). The number of nitrogens with zero attached hydrogens (tertiary/aromatic N) is 2. The molecule has 2 amide bonds. The fourth-order valence-electron chi connectivity index (χ4n) is 4.73. The number of carbonyl (C=O) groups is 2. The predicted molar refractivity (Wildman–Crippen MR) is 117 cm³/mol. The number of rotatable bonds is 7. The van der Waals surface area contributed by atoms with Gasteiger partial charge in [0.25, 0.3) is 5.91 Å². The first-order chi connectivity index (χ1) is 15.7. The third kappa shape index (κ3) is 7.16. The molecule has 0 aromatic heterocycles. The maximum Gasteiger partial charge on any atom is 0.416 e. The minimum absolute atomic E-state index is 0.141. The maximum atomic E-state index is 13.0. The van der Waals surface area contributed by atoms with Gasteiger partial charge in [0.15, 0.2) is 0 Å². The molecule has 1 saturated carbocycles. The molecule has 5 nitrogen and oxygen atoms in total. The van der Waals surface area contributed by atoms with Crippen molar-refractivity contribution in [2.24, 2.45) is 5.92 Å². The zero-order valence-corrected chi connectivity index (χ0v) is 19.1. The van der Waals surface area contributed by atoms with Gasteiger partial charge in [-0.05, 0) is 68.5 Å². The molecule has 0 atom stereocenters. The molecule has 1 aromatic carbocycles. The van der Waals surface area contributed by atoms with E-state index in [1.807, 2.05) is 11.9 Å². The van der Waals surface area contributed by atoms with E-state index in [0.717, 1.165) is 57.0 Å².